The lowest BCUT2D eigenvalue weighted by atomic mass is 10.0. The van der Waals surface area contributed by atoms with Crippen LogP contribution in [0.2, 0.25) is 0 Å². The van der Waals surface area contributed by atoms with Gasteiger partial charge >= 0.3 is 0 Å². The molecular formula is C16H23F2N3OS. The molecule has 2 rings (SSSR count). The lowest BCUT2D eigenvalue weighted by Gasteiger charge is -2.33. The Labute approximate surface area is 140 Å². The highest BCUT2D eigenvalue weighted by atomic mass is 32.2. The molecule has 0 saturated carbocycles. The van der Waals surface area contributed by atoms with Gasteiger partial charge in [0.05, 0.1) is 5.56 Å². The summed E-state index contributed by atoms with van der Waals surface area (Å²) in [6.45, 7) is 4.84. The summed E-state index contributed by atoms with van der Waals surface area (Å²) in [4.78, 5) is 18.4. The van der Waals surface area contributed by atoms with E-state index in [-0.39, 0.29) is 16.5 Å². The normalized spacial score (nSPS) is 19.0. The molecule has 0 bridgehead atoms. The second kappa shape index (κ2) is 9.17. The fraction of sp³-hybridized carbons (Fsp3) is 0.625. The van der Waals surface area contributed by atoms with Crippen LogP contribution in [0.25, 0.3) is 0 Å². The Bertz CT molecular complexity index is 516. The number of pyridine rings is 1. The van der Waals surface area contributed by atoms with Crippen LogP contribution in [0.15, 0.2) is 23.4 Å². The summed E-state index contributed by atoms with van der Waals surface area (Å²) in [5.74, 6) is -2.93. The van der Waals surface area contributed by atoms with E-state index in [1.807, 2.05) is 0 Å². The number of piperidine rings is 1. The van der Waals surface area contributed by atoms with Crippen LogP contribution in [-0.4, -0.2) is 47.2 Å². The first kappa shape index (κ1) is 18.1. The molecule has 7 heteroatoms. The van der Waals surface area contributed by atoms with Gasteiger partial charge < -0.3 is 10.2 Å². The highest BCUT2D eigenvalue weighted by molar-refractivity contribution is 7.99. The fourth-order valence-electron chi connectivity index (χ4n) is 2.81. The highest BCUT2D eigenvalue weighted by Crippen LogP contribution is 2.26. The van der Waals surface area contributed by atoms with Crippen LogP contribution in [0, 0.1) is 0 Å². The highest BCUT2D eigenvalue weighted by Gasteiger charge is 2.18. The summed E-state index contributed by atoms with van der Waals surface area (Å²) < 4.78 is 25.0. The Morgan fingerprint density at radius 1 is 1.52 bits per heavy atom. The number of thioether (sulfide) groups is 1. The fourth-order valence-corrected chi connectivity index (χ4v) is 3.39. The number of nitrogens with zero attached hydrogens (tertiary/aromatic N) is 2. The molecule has 1 aliphatic rings. The first-order chi connectivity index (χ1) is 11.1. The van der Waals surface area contributed by atoms with Crippen molar-refractivity contribution in [3.8, 4) is 0 Å². The maximum Gasteiger partial charge on any atom is 0.290 e. The second-order valence-corrected chi connectivity index (χ2v) is 6.70. The minimum atomic E-state index is -2.59. The Kier molecular flexibility index (Phi) is 7.23. The maximum absolute atomic E-state index is 12.5. The summed E-state index contributed by atoms with van der Waals surface area (Å²) in [5, 5.41) is 2.88. The number of hydrogen-bond donors (Lipinski definition) is 1. The van der Waals surface area contributed by atoms with E-state index in [0.29, 0.717) is 24.3 Å². The summed E-state index contributed by atoms with van der Waals surface area (Å²) in [7, 11) is 0. The molecule has 1 aromatic heterocycles. The quantitative estimate of drug-likeness (QED) is 0.609. The maximum atomic E-state index is 12.5. The van der Waals surface area contributed by atoms with Crippen molar-refractivity contribution in [2.24, 2.45) is 0 Å². The smallest absolute Gasteiger partial charge is 0.290 e. The van der Waals surface area contributed by atoms with E-state index in [1.54, 1.807) is 6.07 Å². The van der Waals surface area contributed by atoms with Crippen molar-refractivity contribution in [2.45, 2.75) is 49.4 Å². The van der Waals surface area contributed by atoms with Gasteiger partial charge in [-0.3, -0.25) is 4.79 Å². The van der Waals surface area contributed by atoms with Gasteiger partial charge in [-0.05, 0) is 56.6 Å². The number of hydrogen-bond acceptors (Lipinski definition) is 4. The van der Waals surface area contributed by atoms with Gasteiger partial charge in [0.25, 0.3) is 11.7 Å². The Hall–Kier alpha value is -1.21. The molecule has 1 fully saturated rings. The molecule has 1 amide bonds. The van der Waals surface area contributed by atoms with Crippen LogP contribution in [-0.2, 0) is 0 Å². The van der Waals surface area contributed by atoms with Crippen molar-refractivity contribution in [3.63, 3.8) is 0 Å². The molecule has 1 unspecified atom stereocenters. The monoisotopic (exact) mass is 343 g/mol. The first-order valence-corrected chi connectivity index (χ1v) is 8.88. The Morgan fingerprint density at radius 3 is 3.09 bits per heavy atom. The van der Waals surface area contributed by atoms with Gasteiger partial charge in [0.1, 0.15) is 5.03 Å². The van der Waals surface area contributed by atoms with Gasteiger partial charge in [-0.2, -0.15) is 8.78 Å². The van der Waals surface area contributed by atoms with Gasteiger partial charge in [-0.15, -0.1) is 0 Å². The third-order valence-electron chi connectivity index (χ3n) is 4.06. The molecule has 0 aliphatic carbocycles. The molecule has 1 aromatic rings. The number of aromatic nitrogens is 1. The van der Waals surface area contributed by atoms with Crippen LogP contribution < -0.4 is 5.32 Å². The molecule has 0 radical (unpaired) electrons. The van der Waals surface area contributed by atoms with E-state index < -0.39 is 5.76 Å². The molecular weight excluding hydrogens is 320 g/mol. The zero-order valence-corrected chi connectivity index (χ0v) is 14.1. The summed E-state index contributed by atoms with van der Waals surface area (Å²) in [6, 6.07) is 3.71. The lowest BCUT2D eigenvalue weighted by Crippen LogP contribution is -2.39. The van der Waals surface area contributed by atoms with Crippen molar-refractivity contribution >= 4 is 17.7 Å². The van der Waals surface area contributed by atoms with E-state index >= 15 is 0 Å². The van der Waals surface area contributed by atoms with Gasteiger partial charge in [-0.1, -0.05) is 6.42 Å². The molecule has 1 saturated heterocycles. The van der Waals surface area contributed by atoms with Gasteiger partial charge in [-0.25, -0.2) is 4.98 Å². The van der Waals surface area contributed by atoms with Crippen molar-refractivity contribution < 1.29 is 13.6 Å². The molecule has 1 atom stereocenters. The third-order valence-corrected chi connectivity index (χ3v) is 4.79. The molecule has 0 aromatic carbocycles. The average molecular weight is 343 g/mol. The first-order valence-electron chi connectivity index (χ1n) is 8.00. The average Bonchev–Trinajstić information content (AvgIpc) is 2.53. The molecule has 1 N–H and O–H groups in total. The molecule has 128 valence electrons. The minimum absolute atomic E-state index is 0.0738. The van der Waals surface area contributed by atoms with Gasteiger partial charge in [0, 0.05) is 25.3 Å². The topological polar surface area (TPSA) is 45.2 Å². The van der Waals surface area contributed by atoms with E-state index in [1.165, 1.54) is 31.5 Å². The van der Waals surface area contributed by atoms with Crippen LogP contribution >= 0.6 is 11.8 Å². The zero-order chi connectivity index (χ0) is 16.7. The SMILES string of the molecule is CC1CCCCN1CCCNC(=O)c1cccnc1SC(F)F. The lowest BCUT2D eigenvalue weighted by molar-refractivity contribution is 0.0945. The summed E-state index contributed by atoms with van der Waals surface area (Å²) >= 11 is 0.302. The van der Waals surface area contributed by atoms with E-state index in [0.717, 1.165) is 19.5 Å². The number of nitrogens with one attached hydrogen (secondary N) is 1. The van der Waals surface area contributed by atoms with E-state index in [2.05, 4.69) is 22.1 Å². The molecule has 4 nitrogen and oxygen atoms in total. The van der Waals surface area contributed by atoms with Crippen molar-refractivity contribution in [3.05, 3.63) is 23.9 Å². The summed E-state index contributed by atoms with van der Waals surface area (Å²) in [5.41, 5.74) is 0.212. The van der Waals surface area contributed by atoms with Gasteiger partial charge in [0.2, 0.25) is 0 Å². The molecule has 2 heterocycles. The standard InChI is InChI=1S/C16H23F2N3OS/c1-12-6-2-3-10-21(12)11-5-9-19-14(22)13-7-4-8-20-15(13)23-16(17)18/h4,7-8,12,16H,2-3,5-6,9-11H2,1H3,(H,19,22). The third kappa shape index (κ3) is 5.73. The predicted octanol–water partition coefficient (Wildman–Crippen LogP) is 3.39. The molecule has 0 spiro atoms. The second-order valence-electron chi connectivity index (χ2n) is 5.72. The van der Waals surface area contributed by atoms with Crippen LogP contribution in [0.1, 0.15) is 43.0 Å². The van der Waals surface area contributed by atoms with Crippen molar-refractivity contribution in [1.82, 2.24) is 15.2 Å². The molecule has 23 heavy (non-hydrogen) atoms. The predicted molar refractivity (Wildman–Crippen MR) is 87.9 cm³/mol. The molecule has 1 aliphatic heterocycles. The van der Waals surface area contributed by atoms with E-state index in [9.17, 15) is 13.6 Å². The van der Waals surface area contributed by atoms with Crippen LogP contribution in [0.3, 0.4) is 0 Å². The number of carbonyl (C=O) groups is 1. The summed E-state index contributed by atoms with van der Waals surface area (Å²) in [6.07, 6.45) is 6.03. The number of halogens is 2. The van der Waals surface area contributed by atoms with Crippen molar-refractivity contribution in [1.29, 1.82) is 0 Å². The Balaban J connectivity index is 1.78. The van der Waals surface area contributed by atoms with Crippen LogP contribution in [0.4, 0.5) is 8.78 Å². The Morgan fingerprint density at radius 2 is 2.35 bits per heavy atom. The number of likely N-dealkylation sites (tertiary alicyclic amines) is 1. The minimum Gasteiger partial charge on any atom is -0.352 e. The number of carbonyl (C=O) groups excluding carboxylic acids is 1. The largest absolute Gasteiger partial charge is 0.352 e. The number of amides is 1. The number of alkyl halides is 2. The van der Waals surface area contributed by atoms with Crippen molar-refractivity contribution in [2.75, 3.05) is 19.6 Å². The number of rotatable bonds is 7. The van der Waals surface area contributed by atoms with E-state index in [4.69, 9.17) is 0 Å². The zero-order valence-electron chi connectivity index (χ0n) is 13.3. The van der Waals surface area contributed by atoms with Crippen LogP contribution in [0.5, 0.6) is 0 Å². The van der Waals surface area contributed by atoms with Gasteiger partial charge in [0.15, 0.2) is 0 Å².